The molecule has 0 spiro atoms. The number of hydrogen-bond acceptors (Lipinski definition) is 3. The second kappa shape index (κ2) is 5.25. The summed E-state index contributed by atoms with van der Waals surface area (Å²) >= 11 is 0. The van der Waals surface area contributed by atoms with Gasteiger partial charge >= 0.3 is 0 Å². The summed E-state index contributed by atoms with van der Waals surface area (Å²) in [6.45, 7) is 3.63. The summed E-state index contributed by atoms with van der Waals surface area (Å²) in [5, 5.41) is 3.61. The van der Waals surface area contributed by atoms with E-state index in [2.05, 4.69) is 10.2 Å². The van der Waals surface area contributed by atoms with Crippen LogP contribution in [0.25, 0.3) is 0 Å². The van der Waals surface area contributed by atoms with E-state index in [1.807, 2.05) is 7.11 Å². The molecule has 3 fully saturated rings. The van der Waals surface area contributed by atoms with Gasteiger partial charge in [-0.2, -0.15) is 0 Å². The molecule has 0 aromatic heterocycles. The summed E-state index contributed by atoms with van der Waals surface area (Å²) in [5.41, 5.74) is 0. The van der Waals surface area contributed by atoms with Crippen LogP contribution in [0.3, 0.4) is 0 Å². The highest BCUT2D eigenvalue weighted by Crippen LogP contribution is 2.36. The van der Waals surface area contributed by atoms with Crippen molar-refractivity contribution in [1.29, 1.82) is 0 Å². The molecule has 4 atom stereocenters. The Bertz CT molecular complexity index is 259. The van der Waals surface area contributed by atoms with E-state index in [0.29, 0.717) is 12.1 Å². The molecule has 3 aliphatic rings. The van der Waals surface area contributed by atoms with Crippen molar-refractivity contribution in [3.8, 4) is 0 Å². The fourth-order valence-electron chi connectivity index (χ4n) is 4.11. The van der Waals surface area contributed by atoms with Crippen LogP contribution >= 0.6 is 0 Å². The van der Waals surface area contributed by atoms with E-state index in [1.54, 1.807) is 0 Å². The first kappa shape index (κ1) is 11.9. The lowest BCUT2D eigenvalue weighted by Crippen LogP contribution is -2.42. The zero-order chi connectivity index (χ0) is 11.7. The van der Waals surface area contributed by atoms with Gasteiger partial charge in [-0.25, -0.2) is 0 Å². The van der Waals surface area contributed by atoms with Crippen molar-refractivity contribution in [3.05, 3.63) is 0 Å². The van der Waals surface area contributed by atoms with Crippen LogP contribution in [0.1, 0.15) is 38.5 Å². The van der Waals surface area contributed by atoms with Gasteiger partial charge in [0.2, 0.25) is 0 Å². The molecule has 2 aliphatic heterocycles. The Balaban J connectivity index is 1.52. The van der Waals surface area contributed by atoms with Gasteiger partial charge in [0.1, 0.15) is 0 Å². The minimum Gasteiger partial charge on any atom is -0.380 e. The van der Waals surface area contributed by atoms with Crippen LogP contribution in [-0.2, 0) is 4.74 Å². The summed E-state index contributed by atoms with van der Waals surface area (Å²) in [6.07, 6.45) is 8.96. The van der Waals surface area contributed by atoms with E-state index in [0.717, 1.165) is 18.5 Å². The SMILES string of the molecule is COC1CNC(CN2CCC3CCCCC32)C1. The number of hydrogen-bond donors (Lipinski definition) is 1. The maximum atomic E-state index is 5.43. The number of fused-ring (bicyclic) bond motifs is 1. The van der Waals surface area contributed by atoms with Crippen molar-refractivity contribution in [2.75, 3.05) is 26.7 Å². The standard InChI is InChI=1S/C14H26N2O/c1-17-13-8-12(15-9-13)10-16-7-6-11-4-2-3-5-14(11)16/h11-15H,2-10H2,1H3. The molecule has 1 aliphatic carbocycles. The molecule has 2 heterocycles. The fourth-order valence-corrected chi connectivity index (χ4v) is 4.11. The van der Waals surface area contributed by atoms with E-state index >= 15 is 0 Å². The van der Waals surface area contributed by atoms with Gasteiger partial charge in [-0.05, 0) is 38.1 Å². The molecular formula is C14H26N2O. The minimum atomic E-state index is 0.449. The molecular weight excluding hydrogens is 212 g/mol. The molecule has 3 rings (SSSR count). The lowest BCUT2D eigenvalue weighted by atomic mass is 9.85. The fraction of sp³-hybridized carbons (Fsp3) is 1.00. The highest BCUT2D eigenvalue weighted by molar-refractivity contribution is 4.93. The monoisotopic (exact) mass is 238 g/mol. The lowest BCUT2D eigenvalue weighted by Gasteiger charge is -2.33. The average Bonchev–Trinajstić information content (AvgIpc) is 2.97. The summed E-state index contributed by atoms with van der Waals surface area (Å²) in [6, 6.07) is 1.58. The van der Waals surface area contributed by atoms with Crippen LogP contribution in [0.2, 0.25) is 0 Å². The molecule has 2 saturated heterocycles. The number of likely N-dealkylation sites (tertiary alicyclic amines) is 1. The highest BCUT2D eigenvalue weighted by Gasteiger charge is 2.37. The first-order chi connectivity index (χ1) is 8.36. The van der Waals surface area contributed by atoms with E-state index in [1.165, 1.54) is 51.6 Å². The quantitative estimate of drug-likeness (QED) is 0.809. The van der Waals surface area contributed by atoms with Gasteiger partial charge in [-0.3, -0.25) is 4.90 Å². The van der Waals surface area contributed by atoms with E-state index < -0.39 is 0 Å². The lowest BCUT2D eigenvalue weighted by molar-refractivity contribution is 0.113. The topological polar surface area (TPSA) is 24.5 Å². The van der Waals surface area contributed by atoms with Crippen molar-refractivity contribution in [1.82, 2.24) is 10.2 Å². The molecule has 0 aromatic carbocycles. The maximum Gasteiger partial charge on any atom is 0.0711 e. The van der Waals surface area contributed by atoms with Crippen LogP contribution in [0.15, 0.2) is 0 Å². The van der Waals surface area contributed by atoms with Crippen LogP contribution < -0.4 is 5.32 Å². The van der Waals surface area contributed by atoms with Crippen molar-refractivity contribution in [2.45, 2.75) is 56.7 Å². The van der Waals surface area contributed by atoms with E-state index in [4.69, 9.17) is 4.74 Å². The van der Waals surface area contributed by atoms with Gasteiger partial charge < -0.3 is 10.1 Å². The molecule has 1 N–H and O–H groups in total. The van der Waals surface area contributed by atoms with E-state index in [-0.39, 0.29) is 0 Å². The Morgan fingerprint density at radius 3 is 2.94 bits per heavy atom. The van der Waals surface area contributed by atoms with Crippen molar-refractivity contribution in [3.63, 3.8) is 0 Å². The molecule has 1 saturated carbocycles. The van der Waals surface area contributed by atoms with Gasteiger partial charge in [0.25, 0.3) is 0 Å². The Hall–Kier alpha value is -0.120. The first-order valence-corrected chi connectivity index (χ1v) is 7.37. The Kier molecular flexibility index (Phi) is 3.69. The van der Waals surface area contributed by atoms with Gasteiger partial charge in [0, 0.05) is 32.3 Å². The molecule has 0 bridgehead atoms. The summed E-state index contributed by atoms with van der Waals surface area (Å²) in [5.74, 6) is 1.02. The smallest absolute Gasteiger partial charge is 0.0711 e. The molecule has 3 heteroatoms. The molecule has 4 unspecified atom stereocenters. The van der Waals surface area contributed by atoms with Gasteiger partial charge in [0.15, 0.2) is 0 Å². The highest BCUT2D eigenvalue weighted by atomic mass is 16.5. The zero-order valence-electron chi connectivity index (χ0n) is 11.0. The van der Waals surface area contributed by atoms with Crippen LogP contribution in [0, 0.1) is 5.92 Å². The Morgan fingerprint density at radius 2 is 2.12 bits per heavy atom. The van der Waals surface area contributed by atoms with Crippen molar-refractivity contribution < 1.29 is 4.74 Å². The van der Waals surface area contributed by atoms with Crippen LogP contribution in [0.5, 0.6) is 0 Å². The molecule has 17 heavy (non-hydrogen) atoms. The normalized spacial score (nSPS) is 42.9. The summed E-state index contributed by atoms with van der Waals surface area (Å²) in [7, 11) is 1.84. The third-order valence-corrected chi connectivity index (χ3v) is 5.09. The van der Waals surface area contributed by atoms with E-state index in [9.17, 15) is 0 Å². The molecule has 3 nitrogen and oxygen atoms in total. The molecule has 98 valence electrons. The van der Waals surface area contributed by atoms with Gasteiger partial charge in [-0.15, -0.1) is 0 Å². The molecule has 0 amide bonds. The first-order valence-electron chi connectivity index (χ1n) is 7.37. The third kappa shape index (κ3) is 2.51. The third-order valence-electron chi connectivity index (χ3n) is 5.09. The number of nitrogens with one attached hydrogen (secondary N) is 1. The van der Waals surface area contributed by atoms with Crippen LogP contribution in [0.4, 0.5) is 0 Å². The summed E-state index contributed by atoms with van der Waals surface area (Å²) < 4.78 is 5.43. The number of rotatable bonds is 3. The predicted molar refractivity (Wildman–Crippen MR) is 69.1 cm³/mol. The number of nitrogens with zero attached hydrogens (tertiary/aromatic N) is 1. The summed E-state index contributed by atoms with van der Waals surface area (Å²) in [4.78, 5) is 2.76. The van der Waals surface area contributed by atoms with Gasteiger partial charge in [-0.1, -0.05) is 12.8 Å². The van der Waals surface area contributed by atoms with Gasteiger partial charge in [0.05, 0.1) is 6.10 Å². The Labute approximate surface area is 105 Å². The van der Waals surface area contributed by atoms with Crippen molar-refractivity contribution in [2.24, 2.45) is 5.92 Å². The predicted octanol–water partition coefficient (Wildman–Crippen LogP) is 1.63. The number of ether oxygens (including phenoxy) is 1. The number of methoxy groups -OCH3 is 1. The second-order valence-corrected chi connectivity index (χ2v) is 6.09. The Morgan fingerprint density at radius 1 is 1.24 bits per heavy atom. The minimum absolute atomic E-state index is 0.449. The molecule has 0 aromatic rings. The second-order valence-electron chi connectivity index (χ2n) is 6.09. The van der Waals surface area contributed by atoms with Crippen molar-refractivity contribution >= 4 is 0 Å². The largest absolute Gasteiger partial charge is 0.380 e. The average molecular weight is 238 g/mol. The van der Waals surface area contributed by atoms with Crippen LogP contribution in [-0.4, -0.2) is 49.8 Å². The molecule has 0 radical (unpaired) electrons. The zero-order valence-corrected chi connectivity index (χ0v) is 11.0. The maximum absolute atomic E-state index is 5.43.